The minimum absolute atomic E-state index is 0.0685. The number of ether oxygens (including phenoxy) is 1. The van der Waals surface area contributed by atoms with Gasteiger partial charge < -0.3 is 10.5 Å². The predicted molar refractivity (Wildman–Crippen MR) is 49.8 cm³/mol. The molecule has 0 spiro atoms. The second-order valence-corrected chi connectivity index (χ2v) is 3.27. The summed E-state index contributed by atoms with van der Waals surface area (Å²) >= 11 is 0. The maximum atomic E-state index is 13.2. The molecule has 3 nitrogen and oxygen atoms in total. The molecule has 17 heavy (non-hydrogen) atoms. The third kappa shape index (κ3) is 2.73. The number of hydrogen-bond acceptors (Lipinski definition) is 3. The van der Waals surface area contributed by atoms with Gasteiger partial charge >= 0.3 is 5.97 Å². The summed E-state index contributed by atoms with van der Waals surface area (Å²) in [5.74, 6) is -7.21. The van der Waals surface area contributed by atoms with Crippen LogP contribution in [0.1, 0.15) is 18.0 Å². The van der Waals surface area contributed by atoms with Crippen molar-refractivity contribution in [3.05, 3.63) is 34.9 Å². The zero-order chi connectivity index (χ0) is 13.2. The summed E-state index contributed by atoms with van der Waals surface area (Å²) < 4.78 is 56.4. The minimum atomic E-state index is -1.61. The molecule has 1 aromatic carbocycles. The number of carbonyl (C=O) groups excluding carboxylic acids is 1. The van der Waals surface area contributed by atoms with Crippen molar-refractivity contribution >= 4 is 5.97 Å². The maximum absolute atomic E-state index is 13.2. The number of esters is 1. The van der Waals surface area contributed by atoms with Crippen molar-refractivity contribution in [2.75, 3.05) is 7.11 Å². The Balaban J connectivity index is 3.16. The van der Waals surface area contributed by atoms with Crippen molar-refractivity contribution in [1.29, 1.82) is 0 Å². The van der Waals surface area contributed by atoms with E-state index in [2.05, 4.69) is 4.74 Å². The normalized spacial score (nSPS) is 12.4. The Bertz CT molecular complexity index is 424. The molecule has 94 valence electrons. The molecule has 0 aromatic heterocycles. The van der Waals surface area contributed by atoms with E-state index in [1.165, 1.54) is 0 Å². The number of methoxy groups -OCH3 is 1. The number of nitrogens with two attached hydrogens (primary N) is 1. The summed E-state index contributed by atoms with van der Waals surface area (Å²) in [4.78, 5) is 10.9. The highest BCUT2D eigenvalue weighted by Gasteiger charge is 2.25. The Morgan fingerprint density at radius 2 is 1.76 bits per heavy atom. The van der Waals surface area contributed by atoms with Gasteiger partial charge in [-0.05, 0) is 0 Å². The van der Waals surface area contributed by atoms with E-state index < -0.39 is 47.3 Å². The summed E-state index contributed by atoms with van der Waals surface area (Å²) in [6.07, 6.45) is -0.590. The van der Waals surface area contributed by atoms with E-state index in [1.807, 2.05) is 0 Å². The second-order valence-electron chi connectivity index (χ2n) is 3.27. The van der Waals surface area contributed by atoms with Crippen LogP contribution < -0.4 is 5.73 Å². The van der Waals surface area contributed by atoms with Crippen LogP contribution in [0.3, 0.4) is 0 Å². The van der Waals surface area contributed by atoms with Crippen LogP contribution in [0.15, 0.2) is 6.07 Å². The van der Waals surface area contributed by atoms with Crippen LogP contribution in [0.2, 0.25) is 0 Å². The molecule has 0 heterocycles. The van der Waals surface area contributed by atoms with Crippen LogP contribution in [0.25, 0.3) is 0 Å². The Morgan fingerprint density at radius 1 is 1.29 bits per heavy atom. The lowest BCUT2D eigenvalue weighted by molar-refractivity contribution is -0.141. The monoisotopic (exact) mass is 251 g/mol. The third-order valence-electron chi connectivity index (χ3n) is 2.13. The van der Waals surface area contributed by atoms with Gasteiger partial charge in [0.1, 0.15) is 0 Å². The molecule has 1 aromatic rings. The van der Waals surface area contributed by atoms with Gasteiger partial charge in [-0.25, -0.2) is 17.6 Å². The fourth-order valence-electron chi connectivity index (χ4n) is 1.28. The molecule has 0 aliphatic rings. The summed E-state index contributed by atoms with van der Waals surface area (Å²) in [7, 11) is 1.05. The van der Waals surface area contributed by atoms with Crippen LogP contribution >= 0.6 is 0 Å². The summed E-state index contributed by atoms with van der Waals surface area (Å²) in [6, 6.07) is -1.45. The Hall–Kier alpha value is -1.63. The first-order chi connectivity index (χ1) is 7.88. The van der Waals surface area contributed by atoms with E-state index in [1.54, 1.807) is 0 Å². The third-order valence-corrected chi connectivity index (χ3v) is 2.13. The quantitative estimate of drug-likeness (QED) is 0.506. The van der Waals surface area contributed by atoms with Gasteiger partial charge in [0, 0.05) is 17.7 Å². The summed E-state index contributed by atoms with van der Waals surface area (Å²) in [6.45, 7) is 0. The van der Waals surface area contributed by atoms with Gasteiger partial charge in [0.15, 0.2) is 23.3 Å². The molecule has 7 heteroatoms. The van der Waals surface area contributed by atoms with Gasteiger partial charge in [0.2, 0.25) is 0 Å². The summed E-state index contributed by atoms with van der Waals surface area (Å²) in [5, 5.41) is 0. The van der Waals surface area contributed by atoms with E-state index in [4.69, 9.17) is 5.73 Å². The van der Waals surface area contributed by atoms with Gasteiger partial charge in [-0.1, -0.05) is 0 Å². The zero-order valence-electron chi connectivity index (χ0n) is 8.77. The lowest BCUT2D eigenvalue weighted by Gasteiger charge is -2.13. The first-order valence-electron chi connectivity index (χ1n) is 4.53. The van der Waals surface area contributed by atoms with Crippen molar-refractivity contribution in [2.24, 2.45) is 5.73 Å². The van der Waals surface area contributed by atoms with Gasteiger partial charge in [-0.15, -0.1) is 0 Å². The average molecular weight is 251 g/mol. The van der Waals surface area contributed by atoms with Crippen molar-refractivity contribution in [1.82, 2.24) is 0 Å². The van der Waals surface area contributed by atoms with Crippen molar-refractivity contribution in [2.45, 2.75) is 12.5 Å². The minimum Gasteiger partial charge on any atom is -0.469 e. The Labute approximate surface area is 94.2 Å². The van der Waals surface area contributed by atoms with Crippen molar-refractivity contribution < 1.29 is 27.1 Å². The largest absolute Gasteiger partial charge is 0.469 e. The molecule has 0 saturated carbocycles. The lowest BCUT2D eigenvalue weighted by atomic mass is 10.0. The molecule has 0 aliphatic heterocycles. The fraction of sp³-hybridized carbons (Fsp3) is 0.300. The number of benzene rings is 1. The van der Waals surface area contributed by atoms with Gasteiger partial charge in [0.05, 0.1) is 13.5 Å². The number of halogens is 4. The molecular weight excluding hydrogens is 242 g/mol. The van der Waals surface area contributed by atoms with Crippen molar-refractivity contribution in [3.8, 4) is 0 Å². The standard InChI is InChI=1S/C10H9F4NO2/c1-17-7(16)3-6(15)8-9(13)4(11)2-5(12)10(8)14/h2,6H,3,15H2,1H3/t6-/m1/s1. The molecule has 0 unspecified atom stereocenters. The fourth-order valence-corrected chi connectivity index (χ4v) is 1.28. The van der Waals surface area contributed by atoms with E-state index in [-0.39, 0.29) is 6.07 Å². The lowest BCUT2D eigenvalue weighted by Crippen LogP contribution is -2.20. The van der Waals surface area contributed by atoms with E-state index in [0.717, 1.165) is 7.11 Å². The molecule has 0 bridgehead atoms. The molecule has 0 saturated heterocycles. The highest BCUT2D eigenvalue weighted by molar-refractivity contribution is 5.70. The highest BCUT2D eigenvalue weighted by Crippen LogP contribution is 2.25. The van der Waals surface area contributed by atoms with Crippen LogP contribution in [-0.4, -0.2) is 13.1 Å². The molecule has 2 N–H and O–H groups in total. The number of carbonyl (C=O) groups is 1. The molecule has 0 radical (unpaired) electrons. The van der Waals surface area contributed by atoms with E-state index in [9.17, 15) is 22.4 Å². The van der Waals surface area contributed by atoms with E-state index >= 15 is 0 Å². The van der Waals surface area contributed by atoms with Gasteiger partial charge in [0.25, 0.3) is 0 Å². The van der Waals surface area contributed by atoms with E-state index in [0.29, 0.717) is 0 Å². The Kier molecular flexibility index (Phi) is 4.06. The SMILES string of the molecule is COC(=O)C[C@@H](N)c1c(F)c(F)cc(F)c1F. The van der Waals surface area contributed by atoms with Gasteiger partial charge in [-0.2, -0.15) is 0 Å². The molecule has 0 amide bonds. The molecular formula is C10H9F4NO2. The zero-order valence-corrected chi connectivity index (χ0v) is 8.77. The average Bonchev–Trinajstić information content (AvgIpc) is 2.26. The molecule has 0 aliphatic carbocycles. The van der Waals surface area contributed by atoms with Crippen LogP contribution in [-0.2, 0) is 9.53 Å². The topological polar surface area (TPSA) is 52.3 Å². The van der Waals surface area contributed by atoms with Crippen molar-refractivity contribution in [3.63, 3.8) is 0 Å². The van der Waals surface area contributed by atoms with Crippen LogP contribution in [0, 0.1) is 23.3 Å². The maximum Gasteiger partial charge on any atom is 0.307 e. The first kappa shape index (κ1) is 13.4. The predicted octanol–water partition coefficient (Wildman–Crippen LogP) is 1.81. The first-order valence-corrected chi connectivity index (χ1v) is 4.53. The van der Waals surface area contributed by atoms with Crippen LogP contribution in [0.4, 0.5) is 17.6 Å². The second kappa shape index (κ2) is 5.13. The van der Waals surface area contributed by atoms with Crippen LogP contribution in [0.5, 0.6) is 0 Å². The Morgan fingerprint density at radius 3 is 2.18 bits per heavy atom. The summed E-state index contributed by atoms with van der Waals surface area (Å²) in [5.41, 5.74) is 4.29. The number of rotatable bonds is 3. The van der Waals surface area contributed by atoms with Gasteiger partial charge in [-0.3, -0.25) is 4.79 Å². The smallest absolute Gasteiger partial charge is 0.307 e. The molecule has 0 fully saturated rings. The molecule has 1 atom stereocenters. The highest BCUT2D eigenvalue weighted by atomic mass is 19.2. The number of hydrogen-bond donors (Lipinski definition) is 1. The molecule has 1 rings (SSSR count).